The summed E-state index contributed by atoms with van der Waals surface area (Å²) in [7, 11) is 1.65. The molecule has 0 aliphatic carbocycles. The van der Waals surface area contributed by atoms with Crippen molar-refractivity contribution < 1.29 is 41.8 Å². The van der Waals surface area contributed by atoms with Crippen molar-refractivity contribution in [1.29, 1.82) is 0 Å². The fourth-order valence-corrected chi connectivity index (χ4v) is 3.27. The normalized spacial score (nSPS) is 16.1. The molecule has 1 unspecified atom stereocenters. The first-order valence-corrected chi connectivity index (χ1v) is 9.99. The first-order valence-electron chi connectivity index (χ1n) is 9.99. The summed E-state index contributed by atoms with van der Waals surface area (Å²) in [5.41, 5.74) is 2.96. The summed E-state index contributed by atoms with van der Waals surface area (Å²) in [6, 6.07) is 29.7. The van der Waals surface area contributed by atoms with E-state index in [1.54, 1.807) is 18.2 Å². The van der Waals surface area contributed by atoms with E-state index < -0.39 is 0 Å². The SMILES string of the molecule is COc1cc[c-]cc1.O=C1C(Cc2ccccc2)N=C2[C-]=[NH+]C(c3ccccc3)=CN12.[Cd+2]. The summed E-state index contributed by atoms with van der Waals surface area (Å²) >= 11 is 0. The van der Waals surface area contributed by atoms with Crippen LogP contribution in [0.25, 0.3) is 5.70 Å². The van der Waals surface area contributed by atoms with Gasteiger partial charge >= 0.3 is 27.3 Å². The van der Waals surface area contributed by atoms with Gasteiger partial charge in [0.15, 0.2) is 0 Å². The number of benzene rings is 3. The molecule has 32 heavy (non-hydrogen) atoms. The number of ether oxygens (including phenoxy) is 1. The summed E-state index contributed by atoms with van der Waals surface area (Å²) in [6.07, 6.45) is 5.42. The summed E-state index contributed by atoms with van der Waals surface area (Å²) in [5, 5.41) is 0. The third-order valence-electron chi connectivity index (χ3n) is 4.88. The molecule has 0 fully saturated rings. The van der Waals surface area contributed by atoms with E-state index in [0.717, 1.165) is 22.6 Å². The zero-order valence-corrected chi connectivity index (χ0v) is 21.9. The maximum absolute atomic E-state index is 12.6. The molecule has 5 nitrogen and oxygen atoms in total. The van der Waals surface area contributed by atoms with Gasteiger partial charge < -0.3 is 9.73 Å². The van der Waals surface area contributed by atoms with Crippen LogP contribution in [-0.2, 0) is 38.5 Å². The van der Waals surface area contributed by atoms with Crippen molar-refractivity contribution >= 4 is 23.7 Å². The minimum atomic E-state index is -0.381. The summed E-state index contributed by atoms with van der Waals surface area (Å²) in [4.78, 5) is 21.8. The number of hydrogen-bond donors (Lipinski definition) is 1. The fourth-order valence-electron chi connectivity index (χ4n) is 3.27. The Morgan fingerprint density at radius 3 is 2.28 bits per heavy atom. The summed E-state index contributed by atoms with van der Waals surface area (Å²) in [6.45, 7) is 0. The van der Waals surface area contributed by atoms with Gasteiger partial charge in [-0.05, 0) is 11.1 Å². The van der Waals surface area contributed by atoms with Crippen molar-refractivity contribution in [1.82, 2.24) is 4.90 Å². The van der Waals surface area contributed by atoms with Crippen LogP contribution in [0.2, 0.25) is 0 Å². The number of methoxy groups -OCH3 is 1. The molecule has 0 aromatic heterocycles. The molecule has 0 radical (unpaired) electrons. The van der Waals surface area contributed by atoms with E-state index in [1.165, 1.54) is 0 Å². The molecule has 0 saturated heterocycles. The minimum absolute atomic E-state index is 0. The first-order chi connectivity index (χ1) is 15.2. The van der Waals surface area contributed by atoms with Crippen LogP contribution in [0.1, 0.15) is 11.1 Å². The van der Waals surface area contributed by atoms with Crippen LogP contribution in [0.15, 0.2) is 96.1 Å². The molecule has 1 amide bonds. The second kappa shape index (κ2) is 11.5. The Morgan fingerprint density at radius 1 is 1.00 bits per heavy atom. The Bertz CT molecular complexity index is 1110. The largest absolute Gasteiger partial charge is 2.00 e. The van der Waals surface area contributed by atoms with E-state index in [-0.39, 0.29) is 39.2 Å². The number of amides is 1. The van der Waals surface area contributed by atoms with Crippen LogP contribution >= 0.6 is 0 Å². The third kappa shape index (κ3) is 5.79. The van der Waals surface area contributed by atoms with E-state index in [2.05, 4.69) is 22.3 Å². The van der Waals surface area contributed by atoms with Crippen LogP contribution in [0, 0.1) is 6.07 Å². The second-order valence-electron chi connectivity index (χ2n) is 6.97. The van der Waals surface area contributed by atoms with Crippen molar-refractivity contribution in [3.63, 3.8) is 0 Å². The van der Waals surface area contributed by atoms with Crippen molar-refractivity contribution in [3.8, 4) is 5.75 Å². The van der Waals surface area contributed by atoms with Gasteiger partial charge in [-0.1, -0.05) is 60.7 Å². The first kappa shape index (κ1) is 23.6. The summed E-state index contributed by atoms with van der Waals surface area (Å²) < 4.78 is 4.89. The van der Waals surface area contributed by atoms with Crippen molar-refractivity contribution in [2.75, 3.05) is 7.11 Å². The van der Waals surface area contributed by atoms with Crippen LogP contribution in [0.4, 0.5) is 0 Å². The number of carbonyl (C=O) groups is 1. The summed E-state index contributed by atoms with van der Waals surface area (Å²) in [5.74, 6) is 1.42. The van der Waals surface area contributed by atoms with E-state index in [9.17, 15) is 4.79 Å². The fraction of sp³-hybridized carbons (Fsp3) is 0.115. The third-order valence-corrected chi connectivity index (χ3v) is 4.88. The smallest absolute Gasteiger partial charge is 0.522 e. The Labute approximate surface area is 208 Å². The van der Waals surface area contributed by atoms with E-state index in [4.69, 9.17) is 4.74 Å². The van der Waals surface area contributed by atoms with Gasteiger partial charge in [-0.15, -0.1) is 12.1 Å². The number of rotatable bonds is 4. The number of fused-ring (bicyclic) bond motifs is 1. The molecule has 6 heteroatoms. The molecule has 1 atom stereocenters. The molecule has 2 heterocycles. The molecular formula is C26H22CdN3O2+. The van der Waals surface area contributed by atoms with Crippen LogP contribution < -0.4 is 9.73 Å². The van der Waals surface area contributed by atoms with E-state index in [0.29, 0.717) is 12.3 Å². The van der Waals surface area contributed by atoms with Gasteiger partial charge in [0, 0.05) is 18.4 Å². The molecule has 1 N–H and O–H groups in total. The molecule has 5 rings (SSSR count). The second-order valence-corrected chi connectivity index (χ2v) is 6.97. The van der Waals surface area contributed by atoms with Crippen molar-refractivity contribution in [2.24, 2.45) is 4.99 Å². The minimum Gasteiger partial charge on any atom is -0.522 e. The molecule has 154 valence electrons. The Balaban J connectivity index is 0.000000274. The molecule has 2 aliphatic rings. The zero-order chi connectivity index (χ0) is 21.5. The van der Waals surface area contributed by atoms with Crippen LogP contribution in [-0.4, -0.2) is 36.0 Å². The topological polar surface area (TPSA) is 55.9 Å². The zero-order valence-electron chi connectivity index (χ0n) is 17.9. The van der Waals surface area contributed by atoms with Crippen molar-refractivity contribution in [3.05, 3.63) is 108 Å². The monoisotopic (exact) mass is 522 g/mol. The average Bonchev–Trinajstić information content (AvgIpc) is 3.15. The molecule has 3 aromatic carbocycles. The quantitative estimate of drug-likeness (QED) is 0.424. The van der Waals surface area contributed by atoms with E-state index in [1.807, 2.05) is 84.9 Å². The maximum atomic E-state index is 12.6. The predicted molar refractivity (Wildman–Crippen MR) is 120 cm³/mol. The molecular weight excluding hydrogens is 499 g/mol. The van der Waals surface area contributed by atoms with Crippen molar-refractivity contribution in [2.45, 2.75) is 12.5 Å². The van der Waals surface area contributed by atoms with Gasteiger partial charge in [0.1, 0.15) is 11.9 Å². The van der Waals surface area contributed by atoms with Gasteiger partial charge in [0.25, 0.3) is 5.91 Å². The van der Waals surface area contributed by atoms with Crippen LogP contribution in [0.3, 0.4) is 0 Å². The number of nitrogens with one attached hydrogen (secondary N) is 1. The molecule has 0 bridgehead atoms. The Kier molecular flexibility index (Phi) is 8.50. The predicted octanol–water partition coefficient (Wildman–Crippen LogP) is 2.37. The van der Waals surface area contributed by atoms with Gasteiger partial charge in [-0.2, -0.15) is 18.2 Å². The maximum Gasteiger partial charge on any atom is 2.00 e. The Hall–Kier alpha value is -3.07. The van der Waals surface area contributed by atoms with Gasteiger partial charge in [0.2, 0.25) is 0 Å². The van der Waals surface area contributed by atoms with E-state index >= 15 is 0 Å². The molecule has 0 saturated carbocycles. The molecule has 2 aliphatic heterocycles. The number of amidine groups is 1. The number of carbonyl (C=O) groups excluding carboxylic acids is 1. The van der Waals surface area contributed by atoms with Gasteiger partial charge in [-0.25, -0.2) is 0 Å². The number of nitrogens with zero attached hydrogens (tertiary/aromatic N) is 2. The molecule has 0 spiro atoms. The van der Waals surface area contributed by atoms with Crippen LogP contribution in [0.5, 0.6) is 5.75 Å². The standard InChI is InChI=1S/C19H15N3O.C7H7O.Cd/c23-19-16(11-14-7-3-1-4-8-14)21-18-12-20-17(13-22(18)19)15-9-5-2-6-10-15;1-8-7-5-3-2-4-6-7;/h1-10,13,16,20H,11H2;3-6H,1H3;/q;-1;+2. The average molecular weight is 521 g/mol. The number of aliphatic imine (C=N–C) groups is 1. The number of hydrogen-bond acceptors (Lipinski definition) is 3. The van der Waals surface area contributed by atoms with Gasteiger partial charge in [0.05, 0.1) is 19.0 Å². The Morgan fingerprint density at radius 2 is 1.66 bits per heavy atom. The molecule has 3 aromatic rings. The van der Waals surface area contributed by atoms with Gasteiger partial charge in [-0.3, -0.25) is 14.7 Å².